The maximum Gasteiger partial charge on any atom is 0.407 e. The van der Waals surface area contributed by atoms with Crippen molar-refractivity contribution in [2.75, 3.05) is 20.2 Å². The lowest BCUT2D eigenvalue weighted by Crippen LogP contribution is -2.42. The number of rotatable bonds is 10. The van der Waals surface area contributed by atoms with Gasteiger partial charge < -0.3 is 35.1 Å². The summed E-state index contributed by atoms with van der Waals surface area (Å²) in [5, 5.41) is 7.67. The number of benzene rings is 4. The van der Waals surface area contributed by atoms with Gasteiger partial charge in [-0.1, -0.05) is 78.9 Å². The van der Waals surface area contributed by atoms with E-state index in [1.807, 2.05) is 82.7 Å². The number of hydrogen-bond acceptors (Lipinski definition) is 8. The number of ether oxygens (including phenoxy) is 1. The number of H-pyrrole nitrogens is 2. The second-order valence-corrected chi connectivity index (χ2v) is 16.4. The fraction of sp³-hybridized carbons (Fsp3) is 0.261. The first-order valence-corrected chi connectivity index (χ1v) is 21.0. The average Bonchev–Trinajstić information content (AvgIpc) is 4.13. The summed E-state index contributed by atoms with van der Waals surface area (Å²) in [6, 6.07) is 31.1. The number of carbonyl (C=O) groups is 4. The lowest BCUT2D eigenvalue weighted by molar-refractivity contribution is -0.137. The second-order valence-electron chi connectivity index (χ2n) is 15.3. The van der Waals surface area contributed by atoms with Gasteiger partial charge in [-0.15, -0.1) is 11.3 Å². The number of fused-ring (bicyclic) bond motifs is 3. The van der Waals surface area contributed by atoms with Crippen molar-refractivity contribution in [3.8, 4) is 21.0 Å². The number of nitrogens with zero attached hydrogens (tertiary/aromatic N) is 4. The summed E-state index contributed by atoms with van der Waals surface area (Å²) < 4.78 is 4.86. The predicted octanol–water partition coefficient (Wildman–Crippen LogP) is 8.14. The van der Waals surface area contributed by atoms with Crippen LogP contribution in [-0.4, -0.2) is 73.7 Å². The van der Waals surface area contributed by atoms with Crippen molar-refractivity contribution in [1.82, 2.24) is 40.4 Å². The van der Waals surface area contributed by atoms with Crippen LogP contribution in [-0.2, 0) is 19.1 Å². The Labute approximate surface area is 350 Å². The fourth-order valence-corrected chi connectivity index (χ4v) is 9.58. The Hall–Kier alpha value is -6.80. The van der Waals surface area contributed by atoms with E-state index in [0.717, 1.165) is 79.9 Å². The quantitative estimate of drug-likeness (QED) is 0.108. The molecule has 0 spiro atoms. The molecule has 14 heteroatoms. The number of aromatic nitrogens is 4. The van der Waals surface area contributed by atoms with E-state index >= 15 is 0 Å². The highest BCUT2D eigenvalue weighted by molar-refractivity contribution is 7.18. The number of hydrogen-bond donors (Lipinski definition) is 4. The molecule has 4 N–H and O–H groups in total. The van der Waals surface area contributed by atoms with E-state index < -0.39 is 18.2 Å². The molecule has 4 atom stereocenters. The normalized spacial score (nSPS) is 17.5. The smallest absolute Gasteiger partial charge is 0.407 e. The topological polar surface area (TPSA) is 165 Å². The average molecular weight is 821 g/mol. The van der Waals surface area contributed by atoms with Gasteiger partial charge in [-0.2, -0.15) is 0 Å². The molecule has 2 fully saturated rings. The van der Waals surface area contributed by atoms with Gasteiger partial charge in [-0.05, 0) is 72.0 Å². The Balaban J connectivity index is 0.930. The first-order chi connectivity index (χ1) is 29.2. The Bertz CT molecular complexity index is 2710. The van der Waals surface area contributed by atoms with Crippen molar-refractivity contribution in [1.29, 1.82) is 0 Å². The third-order valence-electron chi connectivity index (χ3n) is 11.5. The van der Waals surface area contributed by atoms with Crippen molar-refractivity contribution in [2.24, 2.45) is 0 Å². The molecule has 9 rings (SSSR count). The van der Waals surface area contributed by atoms with Crippen LogP contribution in [0, 0.1) is 0 Å². The highest BCUT2D eigenvalue weighted by atomic mass is 32.1. The maximum absolute atomic E-state index is 14.1. The molecule has 0 saturated carbocycles. The number of alkyl carbamates (subject to hydrolysis) is 1. The molecule has 3 aromatic heterocycles. The van der Waals surface area contributed by atoms with E-state index in [1.165, 1.54) is 14.0 Å². The molecule has 0 aliphatic carbocycles. The van der Waals surface area contributed by atoms with E-state index in [9.17, 15) is 19.2 Å². The zero-order chi connectivity index (χ0) is 41.3. The van der Waals surface area contributed by atoms with Gasteiger partial charge in [0.25, 0.3) is 5.91 Å². The molecule has 0 unspecified atom stereocenters. The Morgan fingerprint density at radius 1 is 0.750 bits per heavy atom. The van der Waals surface area contributed by atoms with Gasteiger partial charge >= 0.3 is 6.09 Å². The third kappa shape index (κ3) is 7.50. The SMILES string of the molecule is COC(=O)N[C@H](C(=O)N1CCC[C@H]1c1nc2ccc3cc(-c4ccc(-c5cnc([C@@H]6CCCN6C(=O)[C@@H](NC(C)=O)c6ccccc6)[nH]5)s4)ccc3c2[nH]1)c1ccccc1. The lowest BCUT2D eigenvalue weighted by Gasteiger charge is -2.28. The van der Waals surface area contributed by atoms with Crippen LogP contribution in [0.1, 0.15) is 79.6 Å². The van der Waals surface area contributed by atoms with E-state index in [-0.39, 0.29) is 29.8 Å². The molecule has 2 aliphatic heterocycles. The van der Waals surface area contributed by atoms with Gasteiger partial charge in [-0.25, -0.2) is 14.8 Å². The van der Waals surface area contributed by atoms with Crippen molar-refractivity contribution >= 4 is 57.0 Å². The van der Waals surface area contributed by atoms with Crippen molar-refractivity contribution in [2.45, 2.75) is 56.8 Å². The molecule has 4 aromatic carbocycles. The van der Waals surface area contributed by atoms with Crippen LogP contribution >= 0.6 is 11.3 Å². The molecule has 5 heterocycles. The van der Waals surface area contributed by atoms with Gasteiger partial charge in [0.05, 0.1) is 47.0 Å². The van der Waals surface area contributed by atoms with Crippen LogP contribution < -0.4 is 10.6 Å². The summed E-state index contributed by atoms with van der Waals surface area (Å²) in [5.74, 6) is 0.828. The van der Waals surface area contributed by atoms with Gasteiger partial charge in [0.2, 0.25) is 11.8 Å². The largest absolute Gasteiger partial charge is 0.453 e. The van der Waals surface area contributed by atoms with Crippen LogP contribution in [0.5, 0.6) is 0 Å². The molecular weight excluding hydrogens is 777 g/mol. The second kappa shape index (κ2) is 16.5. The molecule has 304 valence electrons. The number of carbonyl (C=O) groups excluding carboxylic acids is 4. The summed E-state index contributed by atoms with van der Waals surface area (Å²) >= 11 is 1.66. The van der Waals surface area contributed by atoms with Crippen LogP contribution in [0.4, 0.5) is 4.79 Å². The Morgan fingerprint density at radius 2 is 1.38 bits per heavy atom. The molecule has 0 radical (unpaired) electrons. The van der Waals surface area contributed by atoms with E-state index in [0.29, 0.717) is 24.5 Å². The van der Waals surface area contributed by atoms with Crippen molar-refractivity contribution in [3.63, 3.8) is 0 Å². The Kier molecular flexibility index (Phi) is 10.6. The minimum Gasteiger partial charge on any atom is -0.453 e. The van der Waals surface area contributed by atoms with Gasteiger partial charge in [0.15, 0.2) is 0 Å². The van der Waals surface area contributed by atoms with Crippen molar-refractivity contribution < 1.29 is 23.9 Å². The summed E-state index contributed by atoms with van der Waals surface area (Å²) in [7, 11) is 1.29. The molecule has 2 saturated heterocycles. The number of nitrogens with one attached hydrogen (secondary N) is 4. The van der Waals surface area contributed by atoms with E-state index in [1.54, 1.807) is 11.3 Å². The molecule has 60 heavy (non-hydrogen) atoms. The van der Waals surface area contributed by atoms with Crippen LogP contribution in [0.15, 0.2) is 109 Å². The summed E-state index contributed by atoms with van der Waals surface area (Å²) in [6.07, 6.45) is 4.34. The van der Waals surface area contributed by atoms with E-state index in [2.05, 4.69) is 57.0 Å². The third-order valence-corrected chi connectivity index (χ3v) is 12.7. The zero-order valence-electron chi connectivity index (χ0n) is 33.2. The van der Waals surface area contributed by atoms with Crippen molar-refractivity contribution in [3.05, 3.63) is 132 Å². The van der Waals surface area contributed by atoms with Crippen LogP contribution in [0.2, 0.25) is 0 Å². The number of amides is 4. The summed E-state index contributed by atoms with van der Waals surface area (Å²) in [5.41, 5.74) is 5.11. The highest BCUT2D eigenvalue weighted by Crippen LogP contribution is 2.40. The number of thiophene rings is 1. The van der Waals surface area contributed by atoms with Crippen LogP contribution in [0.25, 0.3) is 42.8 Å². The number of methoxy groups -OCH3 is 1. The van der Waals surface area contributed by atoms with Gasteiger partial charge in [-0.3, -0.25) is 14.4 Å². The zero-order valence-corrected chi connectivity index (χ0v) is 34.0. The summed E-state index contributed by atoms with van der Waals surface area (Å²) in [6.45, 7) is 2.56. The predicted molar refractivity (Wildman–Crippen MR) is 230 cm³/mol. The monoisotopic (exact) mass is 820 g/mol. The molecule has 0 bridgehead atoms. The molecule has 13 nitrogen and oxygen atoms in total. The minimum absolute atomic E-state index is 0.146. The molecule has 7 aromatic rings. The number of aromatic amines is 2. The van der Waals surface area contributed by atoms with Gasteiger partial charge in [0, 0.05) is 30.3 Å². The molecule has 4 amide bonds. The van der Waals surface area contributed by atoms with Crippen LogP contribution in [0.3, 0.4) is 0 Å². The van der Waals surface area contributed by atoms with E-state index in [4.69, 9.17) is 14.7 Å². The first-order valence-electron chi connectivity index (χ1n) is 20.2. The Morgan fingerprint density at radius 3 is 2.03 bits per heavy atom. The lowest BCUT2D eigenvalue weighted by atomic mass is 10.0. The number of imidazole rings is 2. The maximum atomic E-state index is 14.1. The standard InChI is InChI=1S/C46H44N8O5S/c1-27(55)48-39(28-11-5-3-6-12-28)44(56)53-23-9-15-35(53)42-47-26-34(50-42)38-22-21-37(60-38)31-17-19-32-30(25-31)18-20-33-41(32)51-43(49-33)36-16-10-24-54(36)45(57)40(52-46(58)59-2)29-13-7-4-8-14-29/h3-8,11-14,17-22,25-26,35-36,39-40H,9-10,15-16,23-24H2,1-2H3,(H,47,50)(H,48,55)(H,49,51)(H,52,58)/t35-,36-,39-,40-/m0/s1. The minimum atomic E-state index is -0.889. The molecular formula is C46H44N8O5S. The number of likely N-dealkylation sites (tertiary alicyclic amines) is 2. The first kappa shape index (κ1) is 38.7. The fourth-order valence-electron chi connectivity index (χ4n) is 8.62. The van der Waals surface area contributed by atoms with Gasteiger partial charge in [0.1, 0.15) is 23.7 Å². The summed E-state index contributed by atoms with van der Waals surface area (Å²) in [4.78, 5) is 74.9. The highest BCUT2D eigenvalue weighted by Gasteiger charge is 2.38. The molecule has 2 aliphatic rings.